The molecule has 0 radical (unpaired) electrons. The van der Waals surface area contributed by atoms with Crippen molar-refractivity contribution in [2.75, 3.05) is 24.8 Å². The zero-order chi connectivity index (χ0) is 16.7. The Balaban J connectivity index is 2.18. The van der Waals surface area contributed by atoms with Crippen LogP contribution in [0.4, 0.5) is 11.4 Å². The standard InChI is InChI=1S/C18H22N2O3/c1-3-4-11-23-16-8-6-5-7-14(16)18(21)20-15-10-9-13(19)12-17(15)22-2/h5-10,12H,3-4,11,19H2,1-2H3,(H,20,21). The number of carbonyl (C=O) groups excluding carboxylic acids is 1. The summed E-state index contributed by atoms with van der Waals surface area (Å²) in [7, 11) is 1.53. The van der Waals surface area contributed by atoms with Crippen molar-refractivity contribution in [2.24, 2.45) is 0 Å². The van der Waals surface area contributed by atoms with Crippen LogP contribution in [0.15, 0.2) is 42.5 Å². The molecule has 2 aromatic rings. The summed E-state index contributed by atoms with van der Waals surface area (Å²) in [6.45, 7) is 2.68. The highest BCUT2D eigenvalue weighted by molar-refractivity contribution is 6.07. The van der Waals surface area contributed by atoms with Gasteiger partial charge in [0.2, 0.25) is 0 Å². The minimum Gasteiger partial charge on any atom is -0.494 e. The predicted octanol–water partition coefficient (Wildman–Crippen LogP) is 3.71. The fourth-order valence-electron chi connectivity index (χ4n) is 2.11. The maximum atomic E-state index is 12.5. The molecule has 23 heavy (non-hydrogen) atoms. The van der Waals surface area contributed by atoms with E-state index in [1.54, 1.807) is 30.3 Å². The summed E-state index contributed by atoms with van der Waals surface area (Å²) in [5.41, 5.74) is 7.35. The molecule has 3 N–H and O–H groups in total. The number of methoxy groups -OCH3 is 1. The number of para-hydroxylation sites is 1. The third-order valence-electron chi connectivity index (χ3n) is 3.36. The highest BCUT2D eigenvalue weighted by Crippen LogP contribution is 2.28. The van der Waals surface area contributed by atoms with Gasteiger partial charge in [-0.05, 0) is 30.7 Å². The third kappa shape index (κ3) is 4.39. The quantitative estimate of drug-likeness (QED) is 0.603. The van der Waals surface area contributed by atoms with Crippen LogP contribution in [0.5, 0.6) is 11.5 Å². The first-order chi connectivity index (χ1) is 11.2. The fourth-order valence-corrected chi connectivity index (χ4v) is 2.11. The molecule has 2 rings (SSSR count). The Morgan fingerprint density at radius 2 is 1.96 bits per heavy atom. The van der Waals surface area contributed by atoms with E-state index in [1.165, 1.54) is 7.11 Å². The highest BCUT2D eigenvalue weighted by Gasteiger charge is 2.14. The first-order valence-electron chi connectivity index (χ1n) is 7.62. The van der Waals surface area contributed by atoms with Crippen LogP contribution in [-0.4, -0.2) is 19.6 Å². The molecular formula is C18H22N2O3. The minimum absolute atomic E-state index is 0.250. The van der Waals surface area contributed by atoms with Gasteiger partial charge in [-0.15, -0.1) is 0 Å². The summed E-state index contributed by atoms with van der Waals surface area (Å²) in [4.78, 5) is 12.5. The largest absolute Gasteiger partial charge is 0.494 e. The topological polar surface area (TPSA) is 73.6 Å². The second-order valence-corrected chi connectivity index (χ2v) is 5.11. The molecule has 0 spiro atoms. The van der Waals surface area contributed by atoms with Crippen molar-refractivity contribution in [3.63, 3.8) is 0 Å². The van der Waals surface area contributed by atoms with Gasteiger partial charge in [-0.25, -0.2) is 0 Å². The molecule has 0 aliphatic carbocycles. The maximum absolute atomic E-state index is 12.5. The maximum Gasteiger partial charge on any atom is 0.259 e. The lowest BCUT2D eigenvalue weighted by molar-refractivity contribution is 0.102. The number of amides is 1. The van der Waals surface area contributed by atoms with Crippen LogP contribution in [0.25, 0.3) is 0 Å². The van der Waals surface area contributed by atoms with Gasteiger partial charge in [0.1, 0.15) is 11.5 Å². The highest BCUT2D eigenvalue weighted by atomic mass is 16.5. The van der Waals surface area contributed by atoms with Gasteiger partial charge in [0.05, 0.1) is 25.0 Å². The van der Waals surface area contributed by atoms with Crippen LogP contribution < -0.4 is 20.5 Å². The average Bonchev–Trinajstić information content (AvgIpc) is 2.57. The molecule has 2 aromatic carbocycles. The molecular weight excluding hydrogens is 292 g/mol. The monoisotopic (exact) mass is 314 g/mol. The van der Waals surface area contributed by atoms with E-state index in [1.807, 2.05) is 12.1 Å². The zero-order valence-electron chi connectivity index (χ0n) is 13.5. The van der Waals surface area contributed by atoms with Crippen LogP contribution in [0.2, 0.25) is 0 Å². The second kappa shape index (κ2) is 8.08. The first kappa shape index (κ1) is 16.7. The third-order valence-corrected chi connectivity index (χ3v) is 3.36. The summed E-state index contributed by atoms with van der Waals surface area (Å²) < 4.78 is 10.9. The number of nitrogen functional groups attached to an aromatic ring is 1. The van der Waals surface area contributed by atoms with E-state index in [-0.39, 0.29) is 5.91 Å². The van der Waals surface area contributed by atoms with Gasteiger partial charge in [0, 0.05) is 11.8 Å². The van der Waals surface area contributed by atoms with Gasteiger partial charge in [-0.2, -0.15) is 0 Å². The van der Waals surface area contributed by atoms with Crippen LogP contribution in [0.3, 0.4) is 0 Å². The van der Waals surface area contributed by atoms with Crippen molar-refractivity contribution < 1.29 is 14.3 Å². The number of unbranched alkanes of at least 4 members (excludes halogenated alkanes) is 1. The van der Waals surface area contributed by atoms with Gasteiger partial charge in [0.15, 0.2) is 0 Å². The lowest BCUT2D eigenvalue weighted by Gasteiger charge is -2.13. The van der Waals surface area contributed by atoms with Crippen LogP contribution in [0, 0.1) is 0 Å². The summed E-state index contributed by atoms with van der Waals surface area (Å²) in [6, 6.07) is 12.3. The molecule has 122 valence electrons. The molecule has 0 heterocycles. The Hall–Kier alpha value is -2.69. The van der Waals surface area contributed by atoms with Gasteiger partial charge in [0.25, 0.3) is 5.91 Å². The molecule has 5 heteroatoms. The molecule has 0 atom stereocenters. The number of rotatable bonds is 7. The normalized spacial score (nSPS) is 10.2. The Morgan fingerprint density at radius 3 is 2.70 bits per heavy atom. The number of hydrogen-bond acceptors (Lipinski definition) is 4. The van der Waals surface area contributed by atoms with Crippen molar-refractivity contribution in [3.8, 4) is 11.5 Å². The summed E-state index contributed by atoms with van der Waals surface area (Å²) >= 11 is 0. The molecule has 5 nitrogen and oxygen atoms in total. The van der Waals surface area contributed by atoms with Gasteiger partial charge in [-0.3, -0.25) is 4.79 Å². The van der Waals surface area contributed by atoms with Crippen molar-refractivity contribution in [1.82, 2.24) is 0 Å². The molecule has 0 aliphatic heterocycles. The Morgan fingerprint density at radius 1 is 1.17 bits per heavy atom. The van der Waals surface area contributed by atoms with Crippen LogP contribution in [0.1, 0.15) is 30.1 Å². The SMILES string of the molecule is CCCCOc1ccccc1C(=O)Nc1ccc(N)cc1OC. The Labute approximate surface area is 136 Å². The molecule has 0 fully saturated rings. The van der Waals surface area contributed by atoms with E-state index in [0.717, 1.165) is 12.8 Å². The van der Waals surface area contributed by atoms with Crippen molar-refractivity contribution in [1.29, 1.82) is 0 Å². The van der Waals surface area contributed by atoms with E-state index in [9.17, 15) is 4.79 Å². The number of ether oxygens (including phenoxy) is 2. The molecule has 0 saturated heterocycles. The Kier molecular flexibility index (Phi) is 5.86. The Bertz CT molecular complexity index is 671. The minimum atomic E-state index is -0.250. The van der Waals surface area contributed by atoms with E-state index >= 15 is 0 Å². The van der Waals surface area contributed by atoms with Gasteiger partial charge in [-0.1, -0.05) is 25.5 Å². The predicted molar refractivity (Wildman–Crippen MR) is 92.2 cm³/mol. The summed E-state index contributed by atoms with van der Waals surface area (Å²) in [5.74, 6) is 0.843. The number of carbonyl (C=O) groups is 1. The average molecular weight is 314 g/mol. The lowest BCUT2D eigenvalue weighted by Crippen LogP contribution is -2.14. The molecule has 1 amide bonds. The zero-order valence-corrected chi connectivity index (χ0v) is 13.5. The number of nitrogens with two attached hydrogens (primary N) is 1. The lowest BCUT2D eigenvalue weighted by atomic mass is 10.1. The molecule has 0 bridgehead atoms. The van der Waals surface area contributed by atoms with E-state index in [4.69, 9.17) is 15.2 Å². The second-order valence-electron chi connectivity index (χ2n) is 5.11. The van der Waals surface area contributed by atoms with Crippen molar-refractivity contribution in [2.45, 2.75) is 19.8 Å². The molecule has 0 saturated carbocycles. The van der Waals surface area contributed by atoms with Gasteiger partial charge < -0.3 is 20.5 Å². The van der Waals surface area contributed by atoms with E-state index in [2.05, 4.69) is 12.2 Å². The van der Waals surface area contributed by atoms with Crippen molar-refractivity contribution >= 4 is 17.3 Å². The van der Waals surface area contributed by atoms with E-state index < -0.39 is 0 Å². The number of hydrogen-bond donors (Lipinski definition) is 2. The van der Waals surface area contributed by atoms with Crippen LogP contribution >= 0.6 is 0 Å². The smallest absolute Gasteiger partial charge is 0.259 e. The number of anilines is 2. The summed E-state index contributed by atoms with van der Waals surface area (Å²) in [6.07, 6.45) is 1.98. The number of nitrogens with one attached hydrogen (secondary N) is 1. The number of benzene rings is 2. The first-order valence-corrected chi connectivity index (χ1v) is 7.62. The molecule has 0 aromatic heterocycles. The fraction of sp³-hybridized carbons (Fsp3) is 0.278. The molecule has 0 unspecified atom stereocenters. The van der Waals surface area contributed by atoms with Crippen LogP contribution in [-0.2, 0) is 0 Å². The van der Waals surface area contributed by atoms with E-state index in [0.29, 0.717) is 35.0 Å². The van der Waals surface area contributed by atoms with Crippen molar-refractivity contribution in [3.05, 3.63) is 48.0 Å². The molecule has 0 aliphatic rings. The summed E-state index contributed by atoms with van der Waals surface area (Å²) in [5, 5.41) is 2.84. The van der Waals surface area contributed by atoms with Gasteiger partial charge >= 0.3 is 0 Å².